The Hall–Kier alpha value is -3.93. The maximum Gasteiger partial charge on any atom is 0.255 e. The topological polar surface area (TPSA) is 78.5 Å². The van der Waals surface area contributed by atoms with Gasteiger partial charge in [-0.25, -0.2) is 0 Å². The summed E-state index contributed by atoms with van der Waals surface area (Å²) in [5, 5.41) is 5.62. The van der Waals surface area contributed by atoms with Crippen molar-refractivity contribution in [2.75, 3.05) is 10.6 Å². The van der Waals surface area contributed by atoms with Crippen LogP contribution in [0.5, 0.6) is 0 Å². The number of nitrogens with one attached hydrogen (secondary N) is 2. The third kappa shape index (κ3) is 4.64. The van der Waals surface area contributed by atoms with E-state index in [-0.39, 0.29) is 17.7 Å². The Bertz CT molecular complexity index is 1110. The van der Waals surface area contributed by atoms with Gasteiger partial charge in [0.15, 0.2) is 0 Å². The molecule has 0 aliphatic carbocycles. The second-order valence-corrected chi connectivity index (χ2v) is 7.54. The number of fused-ring (bicyclic) bond motifs is 1. The highest BCUT2D eigenvalue weighted by atomic mass is 16.2. The summed E-state index contributed by atoms with van der Waals surface area (Å²) in [7, 11) is 0. The Labute approximate surface area is 180 Å². The summed E-state index contributed by atoms with van der Waals surface area (Å²) in [6.45, 7) is 1.84. The van der Waals surface area contributed by atoms with Gasteiger partial charge in [0.05, 0.1) is 0 Å². The Morgan fingerprint density at radius 3 is 2.13 bits per heavy atom. The largest absolute Gasteiger partial charge is 0.326 e. The Morgan fingerprint density at radius 2 is 1.48 bits per heavy atom. The van der Waals surface area contributed by atoms with Crippen LogP contribution >= 0.6 is 0 Å². The van der Waals surface area contributed by atoms with Crippen LogP contribution in [0, 0.1) is 0 Å². The second-order valence-electron chi connectivity index (χ2n) is 7.54. The molecule has 6 nitrogen and oxygen atoms in total. The molecule has 3 aromatic carbocycles. The summed E-state index contributed by atoms with van der Waals surface area (Å²) in [6, 6.07) is 23.4. The van der Waals surface area contributed by atoms with Crippen LogP contribution in [-0.4, -0.2) is 28.7 Å². The summed E-state index contributed by atoms with van der Waals surface area (Å²) >= 11 is 0. The minimum atomic E-state index is -0.655. The fourth-order valence-corrected chi connectivity index (χ4v) is 3.78. The van der Waals surface area contributed by atoms with Crippen LogP contribution in [0.4, 0.5) is 11.4 Å². The zero-order valence-corrected chi connectivity index (χ0v) is 17.2. The lowest BCUT2D eigenvalue weighted by Crippen LogP contribution is -2.45. The van der Waals surface area contributed by atoms with E-state index in [1.54, 1.807) is 35.2 Å². The Morgan fingerprint density at radius 1 is 0.871 bits per heavy atom. The first-order valence-corrected chi connectivity index (χ1v) is 10.1. The predicted molar refractivity (Wildman–Crippen MR) is 120 cm³/mol. The molecule has 0 bridgehead atoms. The molecule has 6 heteroatoms. The number of hydrogen-bond acceptors (Lipinski definition) is 3. The van der Waals surface area contributed by atoms with Crippen molar-refractivity contribution in [1.29, 1.82) is 0 Å². The maximum absolute atomic E-state index is 13.3. The normalized spacial score (nSPS) is 13.5. The van der Waals surface area contributed by atoms with Crippen molar-refractivity contribution in [3.8, 4) is 0 Å². The smallest absolute Gasteiger partial charge is 0.255 e. The van der Waals surface area contributed by atoms with E-state index in [1.807, 2.05) is 48.5 Å². The number of amides is 3. The fourth-order valence-electron chi connectivity index (χ4n) is 3.78. The quantitative estimate of drug-likeness (QED) is 0.644. The minimum absolute atomic E-state index is 0.132. The number of anilines is 2. The van der Waals surface area contributed by atoms with Crippen molar-refractivity contribution in [1.82, 2.24) is 4.90 Å². The van der Waals surface area contributed by atoms with Crippen LogP contribution in [0.1, 0.15) is 28.4 Å². The van der Waals surface area contributed by atoms with E-state index in [4.69, 9.17) is 0 Å². The standard InChI is InChI=1S/C25H23N3O3/c1-17(29)26-20-11-13-21(14-12-20)27-24(30)23(15-18-7-3-2-4-8-18)28-16-19-9-5-6-10-22(19)25(28)31/h2-14,23H,15-16H2,1H3,(H,26,29)(H,27,30). The highest BCUT2D eigenvalue weighted by Crippen LogP contribution is 2.26. The molecular formula is C25H23N3O3. The molecule has 0 saturated carbocycles. The fraction of sp³-hybridized carbons (Fsp3) is 0.160. The van der Waals surface area contributed by atoms with Crippen LogP contribution in [0.25, 0.3) is 0 Å². The number of nitrogens with zero attached hydrogens (tertiary/aromatic N) is 1. The number of carbonyl (C=O) groups excluding carboxylic acids is 3. The zero-order chi connectivity index (χ0) is 21.8. The van der Waals surface area contributed by atoms with Crippen molar-refractivity contribution >= 4 is 29.1 Å². The van der Waals surface area contributed by atoms with Gasteiger partial charge in [0.25, 0.3) is 5.91 Å². The van der Waals surface area contributed by atoms with E-state index < -0.39 is 6.04 Å². The molecule has 3 amide bonds. The van der Waals surface area contributed by atoms with Gasteiger partial charge in [-0.15, -0.1) is 0 Å². The molecule has 1 heterocycles. The third-order valence-electron chi connectivity index (χ3n) is 5.27. The molecule has 1 unspecified atom stereocenters. The zero-order valence-electron chi connectivity index (χ0n) is 17.2. The van der Waals surface area contributed by atoms with Gasteiger partial charge in [0, 0.05) is 36.8 Å². The Balaban J connectivity index is 1.56. The molecule has 1 aliphatic rings. The first kappa shape index (κ1) is 20.3. The number of benzene rings is 3. The molecule has 2 N–H and O–H groups in total. The minimum Gasteiger partial charge on any atom is -0.326 e. The molecule has 31 heavy (non-hydrogen) atoms. The van der Waals surface area contributed by atoms with Gasteiger partial charge in [-0.05, 0) is 41.5 Å². The highest BCUT2D eigenvalue weighted by molar-refractivity contribution is 6.03. The average Bonchev–Trinajstić information content (AvgIpc) is 3.10. The van der Waals surface area contributed by atoms with Crippen molar-refractivity contribution in [2.24, 2.45) is 0 Å². The van der Waals surface area contributed by atoms with Gasteiger partial charge in [-0.1, -0.05) is 48.5 Å². The highest BCUT2D eigenvalue weighted by Gasteiger charge is 2.36. The molecule has 1 aliphatic heterocycles. The van der Waals surface area contributed by atoms with Crippen LogP contribution in [0.2, 0.25) is 0 Å². The lowest BCUT2D eigenvalue weighted by Gasteiger charge is -2.27. The van der Waals surface area contributed by atoms with Crippen molar-refractivity contribution in [3.63, 3.8) is 0 Å². The van der Waals surface area contributed by atoms with Gasteiger partial charge < -0.3 is 15.5 Å². The summed E-state index contributed by atoms with van der Waals surface area (Å²) in [5.41, 5.74) is 3.80. The van der Waals surface area contributed by atoms with Crippen LogP contribution in [-0.2, 0) is 22.6 Å². The van der Waals surface area contributed by atoms with Crippen molar-refractivity contribution in [2.45, 2.75) is 25.9 Å². The monoisotopic (exact) mass is 413 g/mol. The number of hydrogen-bond donors (Lipinski definition) is 2. The van der Waals surface area contributed by atoms with Gasteiger partial charge in [-0.3, -0.25) is 14.4 Å². The second kappa shape index (κ2) is 8.83. The van der Waals surface area contributed by atoms with E-state index in [2.05, 4.69) is 10.6 Å². The molecule has 1 atom stereocenters. The molecule has 0 radical (unpaired) electrons. The number of carbonyl (C=O) groups is 3. The van der Waals surface area contributed by atoms with E-state index in [1.165, 1.54) is 6.92 Å². The maximum atomic E-state index is 13.3. The molecular weight excluding hydrogens is 390 g/mol. The van der Waals surface area contributed by atoms with Crippen molar-refractivity contribution < 1.29 is 14.4 Å². The SMILES string of the molecule is CC(=O)Nc1ccc(NC(=O)C(Cc2ccccc2)N2Cc3ccccc3C2=O)cc1. The lowest BCUT2D eigenvalue weighted by molar-refractivity contribution is -0.120. The molecule has 0 aromatic heterocycles. The molecule has 4 rings (SSSR count). The van der Waals surface area contributed by atoms with Crippen LogP contribution in [0.3, 0.4) is 0 Å². The van der Waals surface area contributed by atoms with E-state index in [0.717, 1.165) is 11.1 Å². The molecule has 0 saturated heterocycles. The van der Waals surface area contributed by atoms with Gasteiger partial charge in [-0.2, -0.15) is 0 Å². The first-order valence-electron chi connectivity index (χ1n) is 10.1. The van der Waals surface area contributed by atoms with Gasteiger partial charge >= 0.3 is 0 Å². The van der Waals surface area contributed by atoms with Crippen LogP contribution in [0.15, 0.2) is 78.9 Å². The number of rotatable bonds is 6. The Kier molecular flexibility index (Phi) is 5.80. The molecule has 156 valence electrons. The molecule has 0 fully saturated rings. The summed E-state index contributed by atoms with van der Waals surface area (Å²) in [6.07, 6.45) is 0.413. The third-order valence-corrected chi connectivity index (χ3v) is 5.27. The molecule has 0 spiro atoms. The first-order chi connectivity index (χ1) is 15.0. The predicted octanol–water partition coefficient (Wildman–Crippen LogP) is 3.85. The average molecular weight is 413 g/mol. The van der Waals surface area contributed by atoms with E-state index in [9.17, 15) is 14.4 Å². The summed E-state index contributed by atoms with van der Waals surface area (Å²) in [5.74, 6) is -0.545. The van der Waals surface area contributed by atoms with E-state index >= 15 is 0 Å². The van der Waals surface area contributed by atoms with Gasteiger partial charge in [0.2, 0.25) is 11.8 Å². The summed E-state index contributed by atoms with van der Waals surface area (Å²) < 4.78 is 0. The lowest BCUT2D eigenvalue weighted by atomic mass is 10.0. The van der Waals surface area contributed by atoms with E-state index in [0.29, 0.717) is 29.9 Å². The van der Waals surface area contributed by atoms with Gasteiger partial charge in [0.1, 0.15) is 6.04 Å². The summed E-state index contributed by atoms with van der Waals surface area (Å²) in [4.78, 5) is 39.2. The molecule has 3 aromatic rings. The van der Waals surface area contributed by atoms with Crippen LogP contribution < -0.4 is 10.6 Å². The van der Waals surface area contributed by atoms with Crippen molar-refractivity contribution in [3.05, 3.63) is 95.6 Å².